The second kappa shape index (κ2) is 1.84. The summed E-state index contributed by atoms with van der Waals surface area (Å²) in [6.07, 6.45) is 0.908. The lowest BCUT2D eigenvalue weighted by Crippen LogP contribution is -2.41. The van der Waals surface area contributed by atoms with Crippen molar-refractivity contribution in [1.29, 1.82) is 0 Å². The maximum absolute atomic E-state index is 11.2. The van der Waals surface area contributed by atoms with E-state index in [0.29, 0.717) is 19.4 Å². The number of hydrogen-bond acceptors (Lipinski definition) is 3. The second-order valence-electron chi connectivity index (χ2n) is 3.87. The highest BCUT2D eigenvalue weighted by atomic mass is 16.8. The highest BCUT2D eigenvalue weighted by Gasteiger charge is 2.51. The largest absolute Gasteiger partial charge is 0.347 e. The molecule has 2 aliphatic heterocycles. The van der Waals surface area contributed by atoms with Gasteiger partial charge in [0.15, 0.2) is 5.79 Å². The van der Waals surface area contributed by atoms with E-state index in [1.807, 2.05) is 13.8 Å². The molecule has 11 heavy (non-hydrogen) atoms. The van der Waals surface area contributed by atoms with Gasteiger partial charge in [-0.3, -0.25) is 4.79 Å². The number of ketones is 1. The highest BCUT2D eigenvalue weighted by Crippen LogP contribution is 2.40. The van der Waals surface area contributed by atoms with Crippen LogP contribution in [0.2, 0.25) is 0 Å². The fourth-order valence-corrected chi connectivity index (χ4v) is 1.90. The number of Topliss-reactive ketones (excluding diaryl/α,β-unsaturated/α-hetero) is 1. The fourth-order valence-electron chi connectivity index (χ4n) is 1.90. The Morgan fingerprint density at radius 3 is 2.73 bits per heavy atom. The van der Waals surface area contributed by atoms with Gasteiger partial charge < -0.3 is 9.47 Å². The standard InChI is InChI=1S/C8H12O3/c1-7-3-6(9)4-8(2,11-7)10-5-7/h3-5H2,1-2H3. The Balaban J connectivity index is 2.28. The second-order valence-corrected chi connectivity index (χ2v) is 3.87. The Hall–Kier alpha value is -0.410. The SMILES string of the molecule is CC12COC(C)(CC(=O)C1)O2. The molecular formula is C8H12O3. The van der Waals surface area contributed by atoms with Gasteiger partial charge in [-0.15, -0.1) is 0 Å². The lowest BCUT2D eigenvalue weighted by Gasteiger charge is -2.31. The number of hydrogen-bond donors (Lipinski definition) is 0. The molecule has 0 amide bonds. The summed E-state index contributed by atoms with van der Waals surface area (Å²) >= 11 is 0. The van der Waals surface area contributed by atoms with Crippen molar-refractivity contribution in [3.8, 4) is 0 Å². The van der Waals surface area contributed by atoms with E-state index in [1.165, 1.54) is 0 Å². The zero-order valence-corrected chi connectivity index (χ0v) is 6.85. The van der Waals surface area contributed by atoms with Crippen LogP contribution in [0.4, 0.5) is 0 Å². The van der Waals surface area contributed by atoms with Gasteiger partial charge in [0.2, 0.25) is 0 Å². The van der Waals surface area contributed by atoms with E-state index in [-0.39, 0.29) is 11.4 Å². The summed E-state index contributed by atoms with van der Waals surface area (Å²) in [6.45, 7) is 4.31. The smallest absolute Gasteiger partial charge is 0.173 e. The minimum Gasteiger partial charge on any atom is -0.347 e. The maximum Gasteiger partial charge on any atom is 0.173 e. The monoisotopic (exact) mass is 156 g/mol. The van der Waals surface area contributed by atoms with Gasteiger partial charge in [-0.05, 0) is 13.8 Å². The van der Waals surface area contributed by atoms with E-state index >= 15 is 0 Å². The third-order valence-corrected chi connectivity index (χ3v) is 2.23. The molecule has 0 aromatic heterocycles. The molecule has 0 saturated carbocycles. The zero-order valence-electron chi connectivity index (χ0n) is 6.85. The summed E-state index contributed by atoms with van der Waals surface area (Å²) < 4.78 is 11.0. The molecule has 2 heterocycles. The molecule has 0 N–H and O–H groups in total. The highest BCUT2D eigenvalue weighted by molar-refractivity contribution is 5.81. The third-order valence-electron chi connectivity index (χ3n) is 2.23. The predicted molar refractivity (Wildman–Crippen MR) is 38.1 cm³/mol. The first-order valence-electron chi connectivity index (χ1n) is 3.87. The van der Waals surface area contributed by atoms with Crippen LogP contribution in [0, 0.1) is 0 Å². The lowest BCUT2D eigenvalue weighted by molar-refractivity contribution is -0.195. The minimum atomic E-state index is -0.621. The van der Waals surface area contributed by atoms with Gasteiger partial charge in [0.05, 0.1) is 18.6 Å². The molecule has 0 radical (unpaired) electrons. The lowest BCUT2D eigenvalue weighted by atomic mass is 9.94. The van der Waals surface area contributed by atoms with Crippen molar-refractivity contribution in [2.24, 2.45) is 0 Å². The third kappa shape index (κ3) is 1.08. The molecule has 3 nitrogen and oxygen atoms in total. The number of ether oxygens (including phenoxy) is 2. The van der Waals surface area contributed by atoms with Crippen LogP contribution in [-0.2, 0) is 14.3 Å². The molecule has 0 spiro atoms. The maximum atomic E-state index is 11.2. The van der Waals surface area contributed by atoms with Crippen molar-refractivity contribution >= 4 is 5.78 Å². The van der Waals surface area contributed by atoms with Crippen molar-refractivity contribution < 1.29 is 14.3 Å². The normalized spacial score (nSPS) is 49.8. The van der Waals surface area contributed by atoms with Crippen molar-refractivity contribution in [2.45, 2.75) is 38.1 Å². The van der Waals surface area contributed by atoms with E-state index in [0.717, 1.165) is 0 Å². The molecule has 62 valence electrons. The molecule has 2 saturated heterocycles. The molecule has 2 atom stereocenters. The van der Waals surface area contributed by atoms with Crippen LogP contribution in [0.25, 0.3) is 0 Å². The average molecular weight is 156 g/mol. The van der Waals surface area contributed by atoms with Gasteiger partial charge >= 0.3 is 0 Å². The van der Waals surface area contributed by atoms with Gasteiger partial charge in [0, 0.05) is 6.42 Å². The molecule has 2 rings (SSSR count). The first kappa shape index (κ1) is 7.25. The minimum absolute atomic E-state index is 0.249. The Kier molecular flexibility index (Phi) is 1.22. The molecule has 0 aliphatic carbocycles. The molecule has 2 bridgehead atoms. The summed E-state index contributed by atoms with van der Waals surface area (Å²) in [7, 11) is 0. The first-order chi connectivity index (χ1) is 5.02. The molecule has 0 aromatic carbocycles. The average Bonchev–Trinajstić information content (AvgIpc) is 2.01. The van der Waals surface area contributed by atoms with Gasteiger partial charge in [-0.1, -0.05) is 0 Å². The van der Waals surface area contributed by atoms with E-state index in [4.69, 9.17) is 9.47 Å². The van der Waals surface area contributed by atoms with Crippen molar-refractivity contribution in [3.63, 3.8) is 0 Å². The molecule has 2 unspecified atom stereocenters. The van der Waals surface area contributed by atoms with E-state index in [9.17, 15) is 4.79 Å². The number of carbonyl (C=O) groups is 1. The molecule has 3 heteroatoms. The topological polar surface area (TPSA) is 35.5 Å². The predicted octanol–water partition coefficient (Wildman–Crippen LogP) is 0.871. The summed E-state index contributed by atoms with van der Waals surface area (Å²) in [6, 6.07) is 0. The van der Waals surface area contributed by atoms with Crippen LogP contribution in [0.3, 0.4) is 0 Å². The van der Waals surface area contributed by atoms with Gasteiger partial charge in [0.25, 0.3) is 0 Å². The Bertz CT molecular complexity index is 193. The van der Waals surface area contributed by atoms with E-state index in [1.54, 1.807) is 0 Å². The first-order valence-corrected chi connectivity index (χ1v) is 3.87. The van der Waals surface area contributed by atoms with Crippen LogP contribution in [0.5, 0.6) is 0 Å². The number of carbonyl (C=O) groups excluding carboxylic acids is 1. The van der Waals surface area contributed by atoms with Gasteiger partial charge in [0.1, 0.15) is 5.78 Å². The number of fused-ring (bicyclic) bond motifs is 2. The molecule has 0 aromatic rings. The summed E-state index contributed by atoms with van der Waals surface area (Å²) in [5.74, 6) is -0.372. The van der Waals surface area contributed by atoms with E-state index in [2.05, 4.69) is 0 Å². The Morgan fingerprint density at radius 2 is 2.09 bits per heavy atom. The molecule has 2 aliphatic rings. The fraction of sp³-hybridized carbons (Fsp3) is 0.875. The number of rotatable bonds is 0. The van der Waals surface area contributed by atoms with Gasteiger partial charge in [-0.2, -0.15) is 0 Å². The summed E-state index contributed by atoms with van der Waals surface area (Å²) in [5.41, 5.74) is -0.343. The van der Waals surface area contributed by atoms with Crippen LogP contribution in [0.1, 0.15) is 26.7 Å². The summed E-state index contributed by atoms with van der Waals surface area (Å²) in [5, 5.41) is 0. The van der Waals surface area contributed by atoms with Crippen molar-refractivity contribution in [2.75, 3.05) is 6.61 Å². The van der Waals surface area contributed by atoms with Crippen LogP contribution < -0.4 is 0 Å². The van der Waals surface area contributed by atoms with Crippen molar-refractivity contribution in [3.05, 3.63) is 0 Å². The zero-order chi connectivity index (χ0) is 8.11. The van der Waals surface area contributed by atoms with Crippen LogP contribution in [0.15, 0.2) is 0 Å². The molecular weight excluding hydrogens is 144 g/mol. The molecule has 2 fully saturated rings. The quantitative estimate of drug-likeness (QED) is 0.522. The Labute approximate surface area is 65.7 Å². The van der Waals surface area contributed by atoms with Crippen LogP contribution in [-0.4, -0.2) is 23.8 Å². The van der Waals surface area contributed by atoms with Crippen LogP contribution >= 0.6 is 0 Å². The van der Waals surface area contributed by atoms with Gasteiger partial charge in [-0.25, -0.2) is 0 Å². The van der Waals surface area contributed by atoms with Crippen molar-refractivity contribution in [1.82, 2.24) is 0 Å². The van der Waals surface area contributed by atoms with E-state index < -0.39 is 5.79 Å². The Morgan fingerprint density at radius 1 is 1.36 bits per heavy atom. The summed E-state index contributed by atoms with van der Waals surface area (Å²) in [4.78, 5) is 11.2.